The van der Waals surface area contributed by atoms with Crippen LogP contribution in [0.5, 0.6) is 0 Å². The van der Waals surface area contributed by atoms with E-state index in [4.69, 9.17) is 0 Å². The van der Waals surface area contributed by atoms with E-state index in [1.165, 1.54) is 71.0 Å². The zero-order valence-electron chi connectivity index (χ0n) is 16.4. The van der Waals surface area contributed by atoms with Crippen LogP contribution in [0.4, 0.5) is 0 Å². The molecule has 1 N–H and O–H groups in total. The van der Waals surface area contributed by atoms with Gasteiger partial charge >= 0.3 is 0 Å². The standard InChI is InChI=1S/C28H18N2/c1-2-8-17-14-25-20(13-16(17)7-1)21-15-23-26(18-9-3-5-11-22(18)29-23)27-19-10-4-6-12-24(19)30(25)28(21)27/h1-2,4-8,10-15,29H,3,9H2. The Morgan fingerprint density at radius 1 is 0.733 bits per heavy atom. The van der Waals surface area contributed by atoms with Gasteiger partial charge in [-0.05, 0) is 59.5 Å². The Morgan fingerprint density at radius 2 is 1.57 bits per heavy atom. The van der Waals surface area contributed by atoms with Gasteiger partial charge in [0.2, 0.25) is 0 Å². The molecule has 2 nitrogen and oxygen atoms in total. The molecule has 3 aromatic heterocycles. The molecule has 0 saturated heterocycles. The van der Waals surface area contributed by atoms with Crippen LogP contribution in [0.1, 0.15) is 17.7 Å². The Kier molecular flexibility index (Phi) is 2.53. The Labute approximate surface area is 172 Å². The number of aryl methyl sites for hydroxylation is 1. The zero-order chi connectivity index (χ0) is 19.4. The molecule has 0 spiro atoms. The van der Waals surface area contributed by atoms with E-state index in [-0.39, 0.29) is 0 Å². The van der Waals surface area contributed by atoms with Crippen molar-refractivity contribution in [1.29, 1.82) is 0 Å². The topological polar surface area (TPSA) is 20.2 Å². The van der Waals surface area contributed by atoms with Crippen molar-refractivity contribution >= 4 is 65.8 Å². The van der Waals surface area contributed by atoms with Crippen molar-refractivity contribution in [3.63, 3.8) is 0 Å². The number of fused-ring (bicyclic) bond motifs is 11. The van der Waals surface area contributed by atoms with Gasteiger partial charge in [-0.25, -0.2) is 0 Å². The second-order valence-corrected chi connectivity index (χ2v) is 8.60. The molecule has 1 aliphatic rings. The third kappa shape index (κ3) is 1.64. The van der Waals surface area contributed by atoms with E-state index < -0.39 is 0 Å². The van der Waals surface area contributed by atoms with Crippen LogP contribution >= 0.6 is 0 Å². The van der Waals surface area contributed by atoms with Crippen LogP contribution in [0.15, 0.2) is 72.8 Å². The highest BCUT2D eigenvalue weighted by Crippen LogP contribution is 2.45. The number of nitrogens with zero attached hydrogens (tertiary/aromatic N) is 1. The Morgan fingerprint density at radius 3 is 2.50 bits per heavy atom. The molecular formula is C28H18N2. The molecule has 30 heavy (non-hydrogen) atoms. The summed E-state index contributed by atoms with van der Waals surface area (Å²) < 4.78 is 2.50. The minimum Gasteiger partial charge on any atom is -0.355 e. The lowest BCUT2D eigenvalue weighted by Gasteiger charge is -2.06. The maximum atomic E-state index is 3.73. The van der Waals surface area contributed by atoms with Crippen molar-refractivity contribution in [2.24, 2.45) is 0 Å². The molecule has 0 unspecified atom stereocenters. The van der Waals surface area contributed by atoms with Crippen molar-refractivity contribution in [3.05, 3.63) is 84.1 Å². The monoisotopic (exact) mass is 382 g/mol. The first-order valence-corrected chi connectivity index (χ1v) is 10.7. The van der Waals surface area contributed by atoms with Gasteiger partial charge in [-0.1, -0.05) is 48.5 Å². The molecule has 0 fully saturated rings. The molecule has 0 aliphatic heterocycles. The molecule has 3 heterocycles. The maximum Gasteiger partial charge on any atom is 0.0628 e. The SMILES string of the molecule is C1=Cc2[nH]c3cc4c5cc6ccccc6cc5n5c6ccccc6c(c3c2CC1)c45. The molecular weight excluding hydrogens is 364 g/mol. The van der Waals surface area contributed by atoms with Crippen molar-refractivity contribution in [2.45, 2.75) is 12.8 Å². The van der Waals surface area contributed by atoms with Crippen molar-refractivity contribution in [1.82, 2.24) is 9.38 Å². The smallest absolute Gasteiger partial charge is 0.0628 e. The van der Waals surface area contributed by atoms with E-state index in [0.717, 1.165) is 12.8 Å². The average molecular weight is 382 g/mol. The summed E-state index contributed by atoms with van der Waals surface area (Å²) in [6.07, 6.45) is 6.77. The number of aromatic nitrogens is 2. The average Bonchev–Trinajstić information content (AvgIpc) is 3.43. The quantitative estimate of drug-likeness (QED) is 0.281. The Balaban J connectivity index is 1.74. The van der Waals surface area contributed by atoms with Crippen LogP contribution in [-0.4, -0.2) is 9.38 Å². The van der Waals surface area contributed by atoms with E-state index in [9.17, 15) is 0 Å². The molecule has 0 atom stereocenters. The van der Waals surface area contributed by atoms with Gasteiger partial charge < -0.3 is 9.38 Å². The molecule has 8 rings (SSSR count). The third-order valence-electron chi connectivity index (χ3n) is 7.07. The maximum absolute atomic E-state index is 3.73. The molecule has 0 bridgehead atoms. The number of hydrogen-bond donors (Lipinski definition) is 1. The van der Waals surface area contributed by atoms with Crippen molar-refractivity contribution in [3.8, 4) is 0 Å². The lowest BCUT2D eigenvalue weighted by atomic mass is 9.96. The second kappa shape index (κ2) is 5.03. The lowest BCUT2D eigenvalue weighted by Crippen LogP contribution is -1.90. The summed E-state index contributed by atoms with van der Waals surface area (Å²) >= 11 is 0. The van der Waals surface area contributed by atoms with E-state index in [2.05, 4.69) is 88.3 Å². The number of benzene rings is 4. The van der Waals surface area contributed by atoms with E-state index in [0.29, 0.717) is 0 Å². The summed E-state index contributed by atoms with van der Waals surface area (Å²) in [4.78, 5) is 3.73. The largest absolute Gasteiger partial charge is 0.355 e. The van der Waals surface area contributed by atoms with Crippen LogP contribution in [0.25, 0.3) is 65.8 Å². The summed E-state index contributed by atoms with van der Waals surface area (Å²) in [7, 11) is 0. The highest BCUT2D eigenvalue weighted by molar-refractivity contribution is 6.32. The summed E-state index contributed by atoms with van der Waals surface area (Å²) in [6.45, 7) is 0. The van der Waals surface area contributed by atoms with Crippen LogP contribution in [0.2, 0.25) is 0 Å². The van der Waals surface area contributed by atoms with Gasteiger partial charge in [0.1, 0.15) is 0 Å². The predicted octanol–water partition coefficient (Wildman–Crippen LogP) is 7.43. The van der Waals surface area contributed by atoms with E-state index in [1.807, 2.05) is 0 Å². The number of H-pyrrole nitrogens is 1. The number of aromatic amines is 1. The van der Waals surface area contributed by atoms with Crippen LogP contribution in [0, 0.1) is 0 Å². The Hall–Kier alpha value is -3.78. The van der Waals surface area contributed by atoms with Gasteiger partial charge in [0.25, 0.3) is 0 Å². The molecule has 140 valence electrons. The number of allylic oxidation sites excluding steroid dienone is 1. The fourth-order valence-electron chi connectivity index (χ4n) is 5.85. The second-order valence-electron chi connectivity index (χ2n) is 8.60. The normalized spacial score (nSPS) is 14.3. The van der Waals surface area contributed by atoms with E-state index in [1.54, 1.807) is 0 Å². The first kappa shape index (κ1) is 15.1. The number of hydrogen-bond acceptors (Lipinski definition) is 0. The fourth-order valence-corrected chi connectivity index (χ4v) is 5.85. The molecule has 4 aromatic carbocycles. The van der Waals surface area contributed by atoms with Gasteiger partial charge in [-0.2, -0.15) is 0 Å². The zero-order valence-corrected chi connectivity index (χ0v) is 16.4. The minimum absolute atomic E-state index is 1.11. The van der Waals surface area contributed by atoms with Gasteiger partial charge in [0, 0.05) is 38.1 Å². The molecule has 1 aliphatic carbocycles. The summed E-state index contributed by atoms with van der Waals surface area (Å²) in [5.74, 6) is 0. The first-order valence-electron chi connectivity index (χ1n) is 10.7. The van der Waals surface area contributed by atoms with Gasteiger partial charge in [-0.3, -0.25) is 0 Å². The Bertz CT molecular complexity index is 1840. The molecule has 7 aromatic rings. The van der Waals surface area contributed by atoms with Gasteiger partial charge in [0.15, 0.2) is 0 Å². The summed E-state index contributed by atoms with van der Waals surface area (Å²) in [6, 6.07) is 24.7. The summed E-state index contributed by atoms with van der Waals surface area (Å²) in [5, 5.41) is 9.46. The summed E-state index contributed by atoms with van der Waals surface area (Å²) in [5.41, 5.74) is 7.99. The van der Waals surface area contributed by atoms with Crippen molar-refractivity contribution < 1.29 is 0 Å². The van der Waals surface area contributed by atoms with Crippen LogP contribution < -0.4 is 0 Å². The number of rotatable bonds is 0. The predicted molar refractivity (Wildman–Crippen MR) is 128 cm³/mol. The molecule has 0 amide bonds. The number of para-hydroxylation sites is 1. The number of nitrogens with one attached hydrogen (secondary N) is 1. The van der Waals surface area contributed by atoms with Crippen LogP contribution in [0.3, 0.4) is 0 Å². The highest BCUT2D eigenvalue weighted by atomic mass is 14.9. The van der Waals surface area contributed by atoms with Crippen molar-refractivity contribution in [2.75, 3.05) is 0 Å². The third-order valence-corrected chi connectivity index (χ3v) is 7.07. The lowest BCUT2D eigenvalue weighted by molar-refractivity contribution is 0.993. The molecule has 2 heteroatoms. The highest BCUT2D eigenvalue weighted by Gasteiger charge is 2.23. The fraction of sp³-hybridized carbons (Fsp3) is 0.0714. The van der Waals surface area contributed by atoms with Crippen LogP contribution in [-0.2, 0) is 6.42 Å². The van der Waals surface area contributed by atoms with Gasteiger partial charge in [-0.15, -0.1) is 0 Å². The van der Waals surface area contributed by atoms with Gasteiger partial charge in [0.05, 0.1) is 16.6 Å². The minimum atomic E-state index is 1.11. The molecule has 0 saturated carbocycles. The van der Waals surface area contributed by atoms with E-state index >= 15 is 0 Å². The first-order chi connectivity index (χ1) is 14.9. The molecule has 0 radical (unpaired) electrons.